The predicted molar refractivity (Wildman–Crippen MR) is 166 cm³/mol. The first-order valence-electron chi connectivity index (χ1n) is 13.5. The van der Waals surface area contributed by atoms with Gasteiger partial charge in [0.15, 0.2) is 5.82 Å². The van der Waals surface area contributed by atoms with Crippen LogP contribution in [0.3, 0.4) is 0 Å². The zero-order valence-corrected chi connectivity index (χ0v) is 24.5. The number of nitrogens with zero attached hydrogens (tertiary/aromatic N) is 5. The fourth-order valence-corrected chi connectivity index (χ4v) is 3.96. The van der Waals surface area contributed by atoms with Gasteiger partial charge in [0.2, 0.25) is 0 Å². The molecule has 42 heavy (non-hydrogen) atoms. The van der Waals surface area contributed by atoms with Gasteiger partial charge in [0, 0.05) is 35.1 Å². The molecule has 0 saturated carbocycles. The molecule has 5 rings (SSSR count). The number of aromatic nitrogens is 4. The van der Waals surface area contributed by atoms with E-state index in [-0.39, 0.29) is 6.03 Å². The predicted octanol–water partition coefficient (Wildman–Crippen LogP) is 5.38. The summed E-state index contributed by atoms with van der Waals surface area (Å²) in [6, 6.07) is 22.3. The Morgan fingerprint density at radius 1 is 0.976 bits per heavy atom. The number of hydrogen-bond acceptors (Lipinski definition) is 8. The summed E-state index contributed by atoms with van der Waals surface area (Å²) < 4.78 is 6.53. The van der Waals surface area contributed by atoms with Gasteiger partial charge in [0.25, 0.3) is 0 Å². The minimum Gasteiger partial charge on any atom is -0.442 e. The monoisotopic (exact) mass is 568 g/mol. The summed E-state index contributed by atoms with van der Waals surface area (Å²) in [4.78, 5) is 34.8. The van der Waals surface area contributed by atoms with Crippen LogP contribution in [-0.2, 0) is 4.74 Å². The van der Waals surface area contributed by atoms with E-state index in [0.29, 0.717) is 23.9 Å². The highest BCUT2D eigenvalue weighted by atomic mass is 16.6. The van der Waals surface area contributed by atoms with E-state index in [4.69, 9.17) is 10.5 Å². The number of likely N-dealkylation sites (N-methyl/N-ethyl adjacent to an activating group) is 1. The van der Waals surface area contributed by atoms with Gasteiger partial charge in [0.05, 0.1) is 17.2 Å². The molecule has 5 aromatic rings. The SMILES string of the molecule is CC(C)(C)OC(=O)n1ncc2ccccc21.CN(C)CCNC(=O)Nc1cccc(-c2nc(N)c3ccccc3n2)c1. The molecule has 0 spiro atoms. The maximum atomic E-state index is 12.0. The third-order valence-electron chi connectivity index (χ3n) is 5.90. The van der Waals surface area contributed by atoms with Crippen LogP contribution in [0.5, 0.6) is 0 Å². The summed E-state index contributed by atoms with van der Waals surface area (Å²) in [5.41, 5.74) is 8.55. The Morgan fingerprint density at radius 2 is 1.71 bits per heavy atom. The summed E-state index contributed by atoms with van der Waals surface area (Å²) in [6.07, 6.45) is 1.20. The number of ether oxygens (including phenoxy) is 1. The van der Waals surface area contributed by atoms with Crippen LogP contribution >= 0.6 is 0 Å². The number of rotatable bonds is 5. The standard InChI is InChI=1S/C19H22N6O.C12H14N2O2/c1-25(2)11-10-21-19(26)22-14-7-5-6-13(12-14)18-23-16-9-4-3-8-15(16)17(20)24-18;1-12(2,3)16-11(15)14-10-7-5-4-6-9(10)8-13-14/h3-9,12H,10-11H2,1-2H3,(H2,20,23,24)(H2,21,22,26);4-8H,1-3H3. The van der Waals surface area contributed by atoms with Crippen molar-refractivity contribution in [2.24, 2.45) is 0 Å². The second-order valence-electron chi connectivity index (χ2n) is 10.8. The number of hydrogen-bond donors (Lipinski definition) is 3. The van der Waals surface area contributed by atoms with Gasteiger partial charge in [-0.15, -0.1) is 0 Å². The Morgan fingerprint density at radius 3 is 2.48 bits per heavy atom. The van der Waals surface area contributed by atoms with Crippen LogP contribution in [0.1, 0.15) is 20.8 Å². The van der Waals surface area contributed by atoms with Crippen LogP contribution in [0.2, 0.25) is 0 Å². The number of nitrogens with two attached hydrogens (primary N) is 1. The average molecular weight is 569 g/mol. The summed E-state index contributed by atoms with van der Waals surface area (Å²) in [7, 11) is 3.91. The third-order valence-corrected chi connectivity index (χ3v) is 5.90. The van der Waals surface area contributed by atoms with Gasteiger partial charge in [0.1, 0.15) is 11.4 Å². The Hall–Kier alpha value is -5.03. The molecule has 0 bridgehead atoms. The van der Waals surface area contributed by atoms with Crippen LogP contribution < -0.4 is 16.4 Å². The average Bonchev–Trinajstić information content (AvgIpc) is 3.37. The van der Waals surface area contributed by atoms with Crippen LogP contribution in [-0.4, -0.2) is 69.6 Å². The van der Waals surface area contributed by atoms with Crippen molar-refractivity contribution >= 4 is 45.4 Å². The number of amides is 2. The lowest BCUT2D eigenvalue weighted by Gasteiger charge is -2.19. The van der Waals surface area contributed by atoms with Crippen LogP contribution in [0, 0.1) is 0 Å². The van der Waals surface area contributed by atoms with Crippen molar-refractivity contribution in [1.29, 1.82) is 0 Å². The van der Waals surface area contributed by atoms with Crippen molar-refractivity contribution < 1.29 is 14.3 Å². The fraction of sp³-hybridized carbons (Fsp3) is 0.258. The van der Waals surface area contributed by atoms with E-state index in [2.05, 4.69) is 25.7 Å². The minimum absolute atomic E-state index is 0.247. The molecule has 2 amide bonds. The highest BCUT2D eigenvalue weighted by Gasteiger charge is 2.19. The van der Waals surface area contributed by atoms with E-state index in [9.17, 15) is 9.59 Å². The van der Waals surface area contributed by atoms with Crippen molar-refractivity contribution in [2.75, 3.05) is 38.2 Å². The molecular formula is C31H36N8O3. The molecule has 0 unspecified atom stereocenters. The molecule has 11 nitrogen and oxygen atoms in total. The lowest BCUT2D eigenvalue weighted by molar-refractivity contribution is 0.0522. The number of fused-ring (bicyclic) bond motifs is 2. The van der Waals surface area contributed by atoms with Crippen molar-refractivity contribution in [3.8, 4) is 11.4 Å². The number of nitrogens with one attached hydrogen (secondary N) is 2. The van der Waals surface area contributed by atoms with Gasteiger partial charge < -0.3 is 26.0 Å². The maximum absolute atomic E-state index is 12.0. The molecule has 0 aliphatic carbocycles. The zero-order valence-electron chi connectivity index (χ0n) is 24.5. The highest BCUT2D eigenvalue weighted by Crippen LogP contribution is 2.24. The summed E-state index contributed by atoms with van der Waals surface area (Å²) in [6.45, 7) is 6.84. The first-order valence-corrected chi connectivity index (χ1v) is 13.5. The Balaban J connectivity index is 0.000000216. The minimum atomic E-state index is -0.510. The molecule has 0 radical (unpaired) electrons. The van der Waals surface area contributed by atoms with Gasteiger partial charge in [-0.2, -0.15) is 9.78 Å². The van der Waals surface area contributed by atoms with Crippen molar-refractivity contribution in [2.45, 2.75) is 26.4 Å². The van der Waals surface area contributed by atoms with E-state index in [1.165, 1.54) is 4.68 Å². The summed E-state index contributed by atoms with van der Waals surface area (Å²) in [5, 5.41) is 11.4. The van der Waals surface area contributed by atoms with Gasteiger partial charge in [-0.25, -0.2) is 19.6 Å². The third kappa shape index (κ3) is 8.01. The van der Waals surface area contributed by atoms with E-state index in [0.717, 1.165) is 33.9 Å². The molecule has 0 saturated heterocycles. The van der Waals surface area contributed by atoms with E-state index < -0.39 is 11.7 Å². The lowest BCUT2D eigenvalue weighted by atomic mass is 10.1. The number of para-hydroxylation sites is 2. The molecule has 0 atom stereocenters. The largest absolute Gasteiger partial charge is 0.442 e. The molecule has 0 aliphatic rings. The number of carbonyl (C=O) groups is 2. The summed E-state index contributed by atoms with van der Waals surface area (Å²) >= 11 is 0. The van der Waals surface area contributed by atoms with Crippen LogP contribution in [0.4, 0.5) is 21.1 Å². The normalized spacial score (nSPS) is 11.2. The first kappa shape index (κ1) is 29.9. The first-order chi connectivity index (χ1) is 20.0. The Bertz CT molecular complexity index is 1690. The molecule has 4 N–H and O–H groups in total. The zero-order chi connectivity index (χ0) is 30.3. The van der Waals surface area contributed by atoms with Crippen LogP contribution in [0.25, 0.3) is 33.2 Å². The van der Waals surface area contributed by atoms with Gasteiger partial charge in [-0.05, 0) is 65.2 Å². The Kier molecular flexibility index (Phi) is 9.33. The van der Waals surface area contributed by atoms with Crippen LogP contribution in [0.15, 0.2) is 79.0 Å². The molecule has 3 aromatic carbocycles. The highest BCUT2D eigenvalue weighted by molar-refractivity contribution is 5.91. The molecule has 2 aromatic heterocycles. The molecule has 218 valence electrons. The van der Waals surface area contributed by atoms with Gasteiger partial charge in [-0.1, -0.05) is 42.5 Å². The second-order valence-corrected chi connectivity index (χ2v) is 10.8. The Labute approximate surface area is 244 Å². The fourth-order valence-electron chi connectivity index (χ4n) is 3.96. The van der Waals surface area contributed by atoms with Crippen molar-refractivity contribution in [3.63, 3.8) is 0 Å². The second kappa shape index (κ2) is 13.1. The maximum Gasteiger partial charge on any atom is 0.435 e. The number of anilines is 2. The van der Waals surface area contributed by atoms with Crippen molar-refractivity contribution in [1.82, 2.24) is 30.0 Å². The van der Waals surface area contributed by atoms with Crippen molar-refractivity contribution in [3.05, 3.63) is 79.0 Å². The van der Waals surface area contributed by atoms with Gasteiger partial charge in [-0.3, -0.25) is 0 Å². The molecular weight excluding hydrogens is 532 g/mol. The lowest BCUT2D eigenvalue weighted by Crippen LogP contribution is -2.34. The number of benzene rings is 3. The molecule has 0 fully saturated rings. The molecule has 2 heterocycles. The van der Waals surface area contributed by atoms with Gasteiger partial charge >= 0.3 is 12.1 Å². The van der Waals surface area contributed by atoms with E-state index in [1.54, 1.807) is 6.20 Å². The number of carbonyl (C=O) groups excluding carboxylic acids is 2. The number of nitrogen functional groups attached to an aromatic ring is 1. The molecule has 11 heteroatoms. The summed E-state index contributed by atoms with van der Waals surface area (Å²) in [5.74, 6) is 0.961. The van der Waals surface area contributed by atoms with E-state index in [1.807, 2.05) is 113 Å². The molecule has 0 aliphatic heterocycles. The van der Waals surface area contributed by atoms with E-state index >= 15 is 0 Å². The number of urea groups is 1. The quantitative estimate of drug-likeness (QED) is 0.257. The topological polar surface area (TPSA) is 140 Å². The smallest absolute Gasteiger partial charge is 0.435 e.